The van der Waals surface area contributed by atoms with Crippen LogP contribution in [0.25, 0.3) is 33.4 Å². The van der Waals surface area contributed by atoms with Crippen LogP contribution in [0.3, 0.4) is 0 Å². The molecule has 6 rings (SSSR count). The van der Waals surface area contributed by atoms with E-state index in [0.717, 1.165) is 69.9 Å². The number of nitrogens with zero attached hydrogens (tertiary/aromatic N) is 2. The third kappa shape index (κ3) is 10.9. The Kier molecular flexibility index (Phi) is 16.2. The van der Waals surface area contributed by atoms with Gasteiger partial charge in [-0.25, -0.2) is 4.79 Å². The Morgan fingerprint density at radius 1 is 0.815 bits per heavy atom. The number of H-pyrrole nitrogens is 2. The number of aromatic nitrogens is 4. The molecular formula is C55H74N4O6. The number of methoxy groups -OCH3 is 1. The highest BCUT2D eigenvalue weighted by atomic mass is 16.5. The Morgan fingerprint density at radius 3 is 2.12 bits per heavy atom. The van der Waals surface area contributed by atoms with Crippen molar-refractivity contribution in [3.63, 3.8) is 0 Å². The van der Waals surface area contributed by atoms with E-state index in [1.54, 1.807) is 6.92 Å². The molecule has 1 aliphatic carbocycles. The quantitative estimate of drug-likeness (QED) is 0.0845. The minimum atomic E-state index is -0.731. The number of allylic oxidation sites excluding steroid dienone is 3. The maximum atomic E-state index is 14.4. The van der Waals surface area contributed by atoms with Crippen LogP contribution in [0, 0.1) is 25.7 Å². The number of hydrogen-bond acceptors (Lipinski definition) is 8. The summed E-state index contributed by atoms with van der Waals surface area (Å²) in [4.78, 5) is 58.9. The fourth-order valence-corrected chi connectivity index (χ4v) is 10.4. The van der Waals surface area contributed by atoms with Crippen LogP contribution in [-0.4, -0.2) is 56.5 Å². The number of fused-ring (bicyclic) bond motifs is 8. The van der Waals surface area contributed by atoms with Crippen LogP contribution in [0.5, 0.6) is 0 Å². The lowest BCUT2D eigenvalue weighted by atomic mass is 9.86. The van der Waals surface area contributed by atoms with Crippen molar-refractivity contribution in [3.8, 4) is 0 Å². The molecular weight excluding hydrogens is 813 g/mol. The topological polar surface area (TPSA) is 147 Å². The number of nitrogens with one attached hydrogen (secondary N) is 2. The number of esters is 2. The lowest BCUT2D eigenvalue weighted by Crippen LogP contribution is -2.22. The summed E-state index contributed by atoms with van der Waals surface area (Å²) in [5, 5.41) is 12.1. The standard InChI is InChI=1S/C55H74N4O6/c1-13-39-34(7)41-29-46-48(38(11)60)36(9)43(57-46)27-42-35(8)40(52(58-42)50-51(55(63)64-12)54(62)49-37(10)44(59-53(49)50)28-45(39)56-41)23-24-47(61)65-26-25-33(6)22-16-21-32(5)20-15-19-31(4)18-14-17-30(2)3/h17,25,27-29,31-32,34-35,39-40,57,59-60H,13-16,18-24,26H2,1-12H3/b33-25+,42-27?,45-28?,46-29?,48-38-/t31-,32-,34?,35+,39?,40+/m1/s1. The third-order valence-corrected chi connectivity index (χ3v) is 14.5. The molecule has 0 radical (unpaired) electrons. The highest BCUT2D eigenvalue weighted by Crippen LogP contribution is 2.41. The number of ether oxygens (including phenoxy) is 2. The van der Waals surface area contributed by atoms with Crippen LogP contribution < -0.4 is 10.4 Å². The van der Waals surface area contributed by atoms with Crippen molar-refractivity contribution in [1.29, 1.82) is 0 Å². The van der Waals surface area contributed by atoms with Gasteiger partial charge < -0.3 is 24.5 Å². The molecule has 2 aliphatic heterocycles. The Balaban J connectivity index is 1.27. The van der Waals surface area contributed by atoms with Gasteiger partial charge in [-0.15, -0.1) is 0 Å². The van der Waals surface area contributed by atoms with E-state index in [4.69, 9.17) is 19.4 Å². The number of Topliss-reactive ketones (excluding diaryl/α,β-unsaturated/α-hetero) is 1. The van der Waals surface area contributed by atoms with E-state index >= 15 is 0 Å². The van der Waals surface area contributed by atoms with Crippen LogP contribution in [0.4, 0.5) is 0 Å². The summed E-state index contributed by atoms with van der Waals surface area (Å²) >= 11 is 0. The molecule has 0 amide bonds. The first kappa shape index (κ1) is 49.2. The number of hydrogen-bond donors (Lipinski definition) is 3. The van der Waals surface area contributed by atoms with Gasteiger partial charge in [0.05, 0.1) is 35.2 Å². The Morgan fingerprint density at radius 2 is 1.45 bits per heavy atom. The molecule has 10 nitrogen and oxygen atoms in total. The predicted molar refractivity (Wildman–Crippen MR) is 262 cm³/mol. The molecule has 8 bridgehead atoms. The third-order valence-electron chi connectivity index (χ3n) is 14.5. The molecule has 5 heterocycles. The monoisotopic (exact) mass is 887 g/mol. The summed E-state index contributed by atoms with van der Waals surface area (Å²) in [5.41, 5.74) is 10.5. The summed E-state index contributed by atoms with van der Waals surface area (Å²) in [7, 11) is 1.28. The number of ketones is 1. The number of aromatic amines is 2. The van der Waals surface area contributed by atoms with Gasteiger partial charge in [0.2, 0.25) is 5.78 Å². The lowest BCUT2D eigenvalue weighted by Gasteiger charge is -2.16. The number of aliphatic hydroxyl groups excluding tert-OH is 1. The van der Waals surface area contributed by atoms with Gasteiger partial charge in [0.25, 0.3) is 0 Å². The highest BCUT2D eigenvalue weighted by Gasteiger charge is 2.38. The maximum absolute atomic E-state index is 14.4. The molecule has 3 aromatic heterocycles. The summed E-state index contributed by atoms with van der Waals surface area (Å²) in [5.74, 6) is -0.114. The normalized spacial score (nSPS) is 19.6. The zero-order valence-electron chi connectivity index (χ0n) is 41.2. The van der Waals surface area contributed by atoms with Crippen LogP contribution >= 0.6 is 0 Å². The van der Waals surface area contributed by atoms with Crippen molar-refractivity contribution in [2.24, 2.45) is 11.8 Å². The van der Waals surface area contributed by atoms with Gasteiger partial charge in [-0.2, -0.15) is 0 Å². The largest absolute Gasteiger partial charge is 0.512 e. The van der Waals surface area contributed by atoms with Gasteiger partial charge in [0.15, 0.2) is 0 Å². The van der Waals surface area contributed by atoms with E-state index in [0.29, 0.717) is 39.6 Å². The van der Waals surface area contributed by atoms with E-state index in [-0.39, 0.29) is 54.0 Å². The van der Waals surface area contributed by atoms with Crippen molar-refractivity contribution >= 4 is 51.1 Å². The summed E-state index contributed by atoms with van der Waals surface area (Å²) < 4.78 is 11.0. The SMILES string of the molecule is CCC1c2cc3[nH]c4c(c3C)C(=O)C(C(=O)OC)=c4c3nc(cc4[nH]c(cc(n2)C1C)/c(=C(/C)O)c4C)[C@@H](C)[C@@H]3CCC(=O)OC/C=C(\C)CCC[C@H](C)CCC[C@H](C)CCC=C(C)C. The molecule has 6 atom stereocenters. The van der Waals surface area contributed by atoms with Crippen molar-refractivity contribution < 1.29 is 29.0 Å². The van der Waals surface area contributed by atoms with Gasteiger partial charge >= 0.3 is 11.9 Å². The number of rotatable bonds is 18. The second kappa shape index (κ2) is 21.4. The molecule has 3 N–H and O–H groups in total. The van der Waals surface area contributed by atoms with Crippen molar-refractivity contribution in [1.82, 2.24) is 19.9 Å². The second-order valence-corrected chi connectivity index (χ2v) is 19.7. The zero-order chi connectivity index (χ0) is 47.3. The van der Waals surface area contributed by atoms with Gasteiger partial charge in [-0.05, 0) is 127 Å². The first-order chi connectivity index (χ1) is 30.9. The van der Waals surface area contributed by atoms with E-state index in [1.165, 1.54) is 56.8 Å². The first-order valence-electron chi connectivity index (χ1n) is 24.2. The number of aryl methyl sites for hydroxylation is 2. The average molecular weight is 887 g/mol. The minimum absolute atomic E-state index is 0.0609. The molecule has 0 spiro atoms. The summed E-state index contributed by atoms with van der Waals surface area (Å²) in [6, 6.07) is 6.04. The Hall–Kier alpha value is -5.25. The minimum Gasteiger partial charge on any atom is -0.512 e. The fraction of sp³-hybridized carbons (Fsp3) is 0.545. The van der Waals surface area contributed by atoms with Gasteiger partial charge in [0.1, 0.15) is 12.2 Å². The molecule has 0 fully saturated rings. The van der Waals surface area contributed by atoms with E-state index in [1.807, 2.05) is 38.1 Å². The Bertz CT molecular complexity index is 2650. The van der Waals surface area contributed by atoms with Gasteiger partial charge in [-0.1, -0.05) is 77.5 Å². The molecule has 0 saturated carbocycles. The van der Waals surface area contributed by atoms with Gasteiger partial charge in [0, 0.05) is 68.6 Å². The number of aliphatic hydroxyl groups is 1. The predicted octanol–water partition coefficient (Wildman–Crippen LogP) is 12.0. The molecule has 350 valence electrons. The maximum Gasteiger partial charge on any atom is 0.342 e. The van der Waals surface area contributed by atoms with Crippen LogP contribution in [0.1, 0.15) is 201 Å². The molecule has 10 heteroatoms. The van der Waals surface area contributed by atoms with Gasteiger partial charge in [-0.3, -0.25) is 19.6 Å². The first-order valence-corrected chi connectivity index (χ1v) is 24.2. The number of carbonyl (C=O) groups is 3. The van der Waals surface area contributed by atoms with Crippen molar-refractivity contribution in [3.05, 3.63) is 91.4 Å². The van der Waals surface area contributed by atoms with Crippen molar-refractivity contribution in [2.75, 3.05) is 13.7 Å². The summed E-state index contributed by atoms with van der Waals surface area (Å²) in [6.07, 6.45) is 15.3. The van der Waals surface area contributed by atoms with Crippen LogP contribution in [0.15, 0.2) is 41.5 Å². The van der Waals surface area contributed by atoms with Crippen molar-refractivity contribution in [2.45, 2.75) is 170 Å². The molecule has 2 unspecified atom stereocenters. The molecule has 0 aromatic carbocycles. The zero-order valence-corrected chi connectivity index (χ0v) is 41.2. The molecule has 65 heavy (non-hydrogen) atoms. The van der Waals surface area contributed by atoms with E-state index < -0.39 is 11.8 Å². The average Bonchev–Trinajstić information content (AvgIpc) is 4.00. The number of carbonyl (C=O) groups excluding carboxylic acids is 3. The Labute approximate surface area is 386 Å². The lowest BCUT2D eigenvalue weighted by molar-refractivity contribution is -0.142. The smallest absolute Gasteiger partial charge is 0.342 e. The summed E-state index contributed by atoms with van der Waals surface area (Å²) in [6.45, 7) is 23.3. The van der Waals surface area contributed by atoms with Crippen LogP contribution in [-0.2, 0) is 19.1 Å². The van der Waals surface area contributed by atoms with Crippen LogP contribution in [0.2, 0.25) is 0 Å². The van der Waals surface area contributed by atoms with E-state index in [9.17, 15) is 19.5 Å². The fourth-order valence-electron chi connectivity index (χ4n) is 10.4. The molecule has 3 aliphatic rings. The second-order valence-electron chi connectivity index (χ2n) is 19.7. The molecule has 3 aromatic rings. The molecule has 0 saturated heterocycles. The highest BCUT2D eigenvalue weighted by molar-refractivity contribution is 6.48. The van der Waals surface area contributed by atoms with E-state index in [2.05, 4.69) is 71.4 Å².